The number of pyridine rings is 2. The predicted molar refractivity (Wildman–Crippen MR) is 129 cm³/mol. The highest BCUT2D eigenvalue weighted by molar-refractivity contribution is 7.92. The first kappa shape index (κ1) is 25.0. The van der Waals surface area contributed by atoms with E-state index in [-0.39, 0.29) is 17.5 Å². The number of rotatable bonds is 9. The fraction of sp³-hybridized carbons (Fsp3) is 0.217. The fourth-order valence-electron chi connectivity index (χ4n) is 3.54. The van der Waals surface area contributed by atoms with Gasteiger partial charge >= 0.3 is 0 Å². The van der Waals surface area contributed by atoms with Crippen molar-refractivity contribution in [3.63, 3.8) is 0 Å². The van der Waals surface area contributed by atoms with Crippen LogP contribution in [0.3, 0.4) is 0 Å². The molecule has 0 fully saturated rings. The Morgan fingerprint density at radius 2 is 1.81 bits per heavy atom. The molecule has 2 N–H and O–H groups in total. The first-order valence-corrected chi connectivity index (χ1v) is 12.3. The van der Waals surface area contributed by atoms with Crippen molar-refractivity contribution in [3.8, 4) is 28.6 Å². The minimum absolute atomic E-state index is 0.00108. The van der Waals surface area contributed by atoms with Crippen molar-refractivity contribution >= 4 is 16.0 Å². The lowest BCUT2D eigenvalue weighted by atomic mass is 10.2. The van der Waals surface area contributed by atoms with Crippen LogP contribution in [-0.2, 0) is 10.0 Å². The van der Waals surface area contributed by atoms with E-state index in [4.69, 9.17) is 9.47 Å². The number of sulfonamides is 1. The molecule has 0 radical (unpaired) electrons. The van der Waals surface area contributed by atoms with E-state index in [1.165, 1.54) is 24.9 Å². The maximum atomic E-state index is 13.2. The standard InChI is InChI=1S/C23H23FN6O5S/c1-14-9-15(11-25-10-14)22-27-28-23(30(22)21-19(34-2)5-4-6-20(21)35-3)29-36(32,33)13-18(31)17-8-7-16(24)12-26-17/h4-12,18,31H,13H2,1-3H3,(H,28,29)/t18-/m1/s1. The van der Waals surface area contributed by atoms with Gasteiger partial charge in [-0.15, -0.1) is 10.2 Å². The fourth-order valence-corrected chi connectivity index (χ4v) is 4.62. The number of nitrogens with one attached hydrogen (secondary N) is 1. The van der Waals surface area contributed by atoms with Crippen molar-refractivity contribution in [2.75, 3.05) is 24.7 Å². The number of ether oxygens (including phenoxy) is 2. The Balaban J connectivity index is 1.80. The number of methoxy groups -OCH3 is 2. The van der Waals surface area contributed by atoms with Crippen LogP contribution in [0.15, 0.2) is 55.0 Å². The van der Waals surface area contributed by atoms with Crippen LogP contribution >= 0.6 is 0 Å². The number of hydrogen-bond acceptors (Lipinski definition) is 9. The number of nitrogens with zero attached hydrogens (tertiary/aromatic N) is 5. The van der Waals surface area contributed by atoms with Gasteiger partial charge in [-0.2, -0.15) is 0 Å². The van der Waals surface area contributed by atoms with E-state index in [0.717, 1.165) is 17.8 Å². The highest BCUT2D eigenvalue weighted by atomic mass is 32.2. The van der Waals surface area contributed by atoms with Gasteiger partial charge in [-0.05, 0) is 42.8 Å². The SMILES string of the molecule is COc1cccc(OC)c1-n1c(NS(=O)(=O)C[C@@H](O)c2ccc(F)cn2)nnc1-c1cncc(C)c1. The number of aromatic nitrogens is 5. The highest BCUT2D eigenvalue weighted by Gasteiger charge is 2.27. The second kappa shape index (κ2) is 10.3. The van der Waals surface area contributed by atoms with Crippen LogP contribution in [0.1, 0.15) is 17.4 Å². The molecule has 1 aromatic carbocycles. The maximum absolute atomic E-state index is 13.2. The zero-order chi connectivity index (χ0) is 25.9. The van der Waals surface area contributed by atoms with Crippen molar-refractivity contribution in [1.29, 1.82) is 0 Å². The van der Waals surface area contributed by atoms with E-state index in [0.29, 0.717) is 22.7 Å². The van der Waals surface area contributed by atoms with Crippen LogP contribution in [0.2, 0.25) is 0 Å². The van der Waals surface area contributed by atoms with Crippen molar-refractivity contribution in [2.24, 2.45) is 0 Å². The number of para-hydroxylation sites is 1. The Kier molecular flexibility index (Phi) is 7.12. The molecule has 36 heavy (non-hydrogen) atoms. The highest BCUT2D eigenvalue weighted by Crippen LogP contribution is 2.37. The van der Waals surface area contributed by atoms with Gasteiger partial charge in [0.25, 0.3) is 0 Å². The molecule has 0 spiro atoms. The summed E-state index contributed by atoms with van der Waals surface area (Å²) in [6, 6.07) is 9.18. The molecule has 0 aliphatic carbocycles. The molecule has 3 aromatic heterocycles. The smallest absolute Gasteiger partial charge is 0.243 e. The molecule has 0 saturated heterocycles. The molecule has 0 aliphatic heterocycles. The maximum Gasteiger partial charge on any atom is 0.243 e. The second-order valence-electron chi connectivity index (χ2n) is 7.75. The molecule has 0 amide bonds. The molecule has 4 rings (SSSR count). The molecule has 0 unspecified atom stereocenters. The van der Waals surface area contributed by atoms with Gasteiger partial charge in [0.15, 0.2) is 5.82 Å². The first-order chi connectivity index (χ1) is 17.2. The molecule has 4 aromatic rings. The summed E-state index contributed by atoms with van der Waals surface area (Å²) in [6.07, 6.45) is 2.62. The van der Waals surface area contributed by atoms with Crippen LogP contribution in [0.5, 0.6) is 11.5 Å². The second-order valence-corrected chi connectivity index (χ2v) is 9.51. The van der Waals surface area contributed by atoms with Crippen LogP contribution in [0.4, 0.5) is 10.3 Å². The average molecular weight is 515 g/mol. The summed E-state index contributed by atoms with van der Waals surface area (Å²) in [7, 11) is -1.26. The average Bonchev–Trinajstić information content (AvgIpc) is 3.25. The number of aliphatic hydroxyl groups excluding tert-OH is 1. The van der Waals surface area contributed by atoms with Gasteiger partial charge in [0.1, 0.15) is 34.9 Å². The van der Waals surface area contributed by atoms with Gasteiger partial charge in [-0.1, -0.05) is 6.07 Å². The Morgan fingerprint density at radius 3 is 2.42 bits per heavy atom. The van der Waals surface area contributed by atoms with E-state index < -0.39 is 27.7 Å². The van der Waals surface area contributed by atoms with Gasteiger partial charge in [0.05, 0.1) is 26.1 Å². The monoisotopic (exact) mass is 514 g/mol. The number of anilines is 1. The number of benzene rings is 1. The van der Waals surface area contributed by atoms with Gasteiger partial charge < -0.3 is 14.6 Å². The lowest BCUT2D eigenvalue weighted by molar-refractivity contribution is 0.196. The number of hydrogen-bond donors (Lipinski definition) is 2. The van der Waals surface area contributed by atoms with E-state index in [2.05, 4.69) is 24.9 Å². The summed E-state index contributed by atoms with van der Waals surface area (Å²) in [6.45, 7) is 1.86. The van der Waals surface area contributed by atoms with E-state index in [1.54, 1.807) is 30.6 Å². The molecule has 13 heteroatoms. The third-order valence-electron chi connectivity index (χ3n) is 5.14. The molecule has 0 saturated carbocycles. The third-order valence-corrected chi connectivity index (χ3v) is 6.39. The predicted octanol–water partition coefficient (Wildman–Crippen LogP) is 2.66. The van der Waals surface area contributed by atoms with Crippen LogP contribution < -0.4 is 14.2 Å². The van der Waals surface area contributed by atoms with Crippen LogP contribution in [-0.4, -0.2) is 58.2 Å². The van der Waals surface area contributed by atoms with Crippen molar-refractivity contribution in [1.82, 2.24) is 24.7 Å². The quantitative estimate of drug-likeness (QED) is 0.345. The molecule has 11 nitrogen and oxygen atoms in total. The van der Waals surface area contributed by atoms with Crippen LogP contribution in [0, 0.1) is 12.7 Å². The third kappa shape index (κ3) is 5.26. The molecule has 0 bridgehead atoms. The lowest BCUT2D eigenvalue weighted by Crippen LogP contribution is -2.24. The van der Waals surface area contributed by atoms with E-state index in [1.807, 2.05) is 13.0 Å². The van der Waals surface area contributed by atoms with Crippen molar-refractivity contribution < 1.29 is 27.4 Å². The Bertz CT molecular complexity index is 1450. The van der Waals surface area contributed by atoms with Gasteiger partial charge in [-0.3, -0.25) is 19.3 Å². The summed E-state index contributed by atoms with van der Waals surface area (Å²) in [5.74, 6) is -0.535. The lowest BCUT2D eigenvalue weighted by Gasteiger charge is -2.18. The topological polar surface area (TPSA) is 141 Å². The summed E-state index contributed by atoms with van der Waals surface area (Å²) in [5, 5.41) is 18.7. The number of aliphatic hydroxyl groups is 1. The summed E-state index contributed by atoms with van der Waals surface area (Å²) >= 11 is 0. The molecular weight excluding hydrogens is 491 g/mol. The Hall–Kier alpha value is -4.10. The summed E-state index contributed by atoms with van der Waals surface area (Å²) < 4.78 is 54.0. The largest absolute Gasteiger partial charge is 0.494 e. The zero-order valence-corrected chi connectivity index (χ0v) is 20.4. The van der Waals surface area contributed by atoms with Crippen molar-refractivity contribution in [3.05, 3.63) is 72.1 Å². The minimum Gasteiger partial charge on any atom is -0.494 e. The van der Waals surface area contributed by atoms with Gasteiger partial charge in [-0.25, -0.2) is 12.8 Å². The Morgan fingerprint density at radius 1 is 1.08 bits per heavy atom. The summed E-state index contributed by atoms with van der Waals surface area (Å²) in [5.41, 5.74) is 1.77. The molecule has 1 atom stereocenters. The minimum atomic E-state index is -4.19. The number of halogens is 1. The van der Waals surface area contributed by atoms with Gasteiger partial charge in [0.2, 0.25) is 16.0 Å². The summed E-state index contributed by atoms with van der Waals surface area (Å²) in [4.78, 5) is 7.94. The molecule has 0 aliphatic rings. The zero-order valence-electron chi connectivity index (χ0n) is 19.6. The number of aryl methyl sites for hydroxylation is 1. The normalized spacial score (nSPS) is 12.2. The molecular formula is C23H23FN6O5S. The first-order valence-electron chi connectivity index (χ1n) is 10.6. The van der Waals surface area contributed by atoms with Gasteiger partial charge in [0, 0.05) is 18.0 Å². The Labute approximate surface area is 206 Å². The van der Waals surface area contributed by atoms with Crippen LogP contribution in [0.25, 0.3) is 17.1 Å². The van der Waals surface area contributed by atoms with E-state index >= 15 is 0 Å². The molecule has 3 heterocycles. The van der Waals surface area contributed by atoms with Crippen molar-refractivity contribution in [2.45, 2.75) is 13.0 Å². The molecule has 188 valence electrons. The van der Waals surface area contributed by atoms with E-state index in [9.17, 15) is 17.9 Å².